The highest BCUT2D eigenvalue weighted by Crippen LogP contribution is 2.38. The van der Waals surface area contributed by atoms with Gasteiger partial charge in [0.1, 0.15) is 5.75 Å². The van der Waals surface area contributed by atoms with Crippen LogP contribution in [0.2, 0.25) is 0 Å². The van der Waals surface area contributed by atoms with Gasteiger partial charge in [0, 0.05) is 42.0 Å². The molecule has 0 aliphatic heterocycles. The van der Waals surface area contributed by atoms with Crippen LogP contribution in [0.25, 0.3) is 6.08 Å². The number of nitrogens with one attached hydrogen (secondary N) is 2. The fourth-order valence-corrected chi connectivity index (χ4v) is 3.81. The number of hydrogen-bond donors (Lipinski definition) is 2. The Labute approximate surface area is 175 Å². The van der Waals surface area contributed by atoms with E-state index in [1.54, 1.807) is 11.8 Å². The predicted molar refractivity (Wildman–Crippen MR) is 126 cm³/mol. The summed E-state index contributed by atoms with van der Waals surface area (Å²) in [7, 11) is 3.93. The van der Waals surface area contributed by atoms with Crippen LogP contribution in [-0.2, 0) is 5.41 Å². The summed E-state index contributed by atoms with van der Waals surface area (Å²) in [5.41, 5.74) is 4.84. The second-order valence-electron chi connectivity index (χ2n) is 7.12. The Hall–Kier alpha value is -2.07. The molecule has 0 heterocycles. The zero-order valence-electron chi connectivity index (χ0n) is 18.1. The van der Waals surface area contributed by atoms with Crippen LogP contribution in [0.1, 0.15) is 44.7 Å². The van der Waals surface area contributed by atoms with Crippen molar-refractivity contribution in [3.05, 3.63) is 53.6 Å². The molecule has 0 radical (unpaired) electrons. The van der Waals surface area contributed by atoms with Gasteiger partial charge < -0.3 is 15.4 Å². The van der Waals surface area contributed by atoms with E-state index < -0.39 is 0 Å². The van der Waals surface area contributed by atoms with Crippen molar-refractivity contribution in [2.24, 2.45) is 0 Å². The quantitative estimate of drug-likeness (QED) is 0.438. The number of anilines is 2. The number of rotatable bonds is 10. The first-order chi connectivity index (χ1) is 13.5. The van der Waals surface area contributed by atoms with E-state index >= 15 is 0 Å². The smallest absolute Gasteiger partial charge is 0.128 e. The third kappa shape index (κ3) is 5.26. The van der Waals surface area contributed by atoms with Crippen LogP contribution in [0.4, 0.5) is 11.4 Å². The Balaban J connectivity index is 2.30. The first-order valence-electron chi connectivity index (χ1n) is 9.98. The molecule has 2 N–H and O–H groups in total. The second kappa shape index (κ2) is 10.5. The Kier molecular flexibility index (Phi) is 8.31. The van der Waals surface area contributed by atoms with Crippen molar-refractivity contribution in [3.63, 3.8) is 0 Å². The summed E-state index contributed by atoms with van der Waals surface area (Å²) >= 11 is 1.79. The van der Waals surface area contributed by atoms with Crippen LogP contribution in [0.15, 0.2) is 47.4 Å². The molecular weight excluding hydrogens is 364 g/mol. The van der Waals surface area contributed by atoms with E-state index in [0.717, 1.165) is 29.8 Å². The predicted octanol–water partition coefficient (Wildman–Crippen LogP) is 6.66. The largest absolute Gasteiger partial charge is 0.493 e. The average Bonchev–Trinajstić information content (AvgIpc) is 2.74. The van der Waals surface area contributed by atoms with Crippen molar-refractivity contribution >= 4 is 29.2 Å². The Morgan fingerprint density at radius 3 is 2.46 bits per heavy atom. The molecule has 0 saturated heterocycles. The highest BCUT2D eigenvalue weighted by Gasteiger charge is 2.26. The molecule has 0 aliphatic carbocycles. The van der Waals surface area contributed by atoms with Crippen molar-refractivity contribution < 1.29 is 4.74 Å². The average molecular weight is 399 g/mol. The maximum Gasteiger partial charge on any atom is 0.128 e. The van der Waals surface area contributed by atoms with Crippen LogP contribution in [0.3, 0.4) is 0 Å². The van der Waals surface area contributed by atoms with E-state index in [1.807, 2.05) is 21.0 Å². The van der Waals surface area contributed by atoms with Crippen LogP contribution in [0, 0.1) is 0 Å². The maximum absolute atomic E-state index is 5.84. The molecule has 1 unspecified atom stereocenters. The molecule has 28 heavy (non-hydrogen) atoms. The van der Waals surface area contributed by atoms with Gasteiger partial charge in [-0.15, -0.1) is 11.8 Å². The van der Waals surface area contributed by atoms with Gasteiger partial charge in [-0.1, -0.05) is 26.0 Å². The van der Waals surface area contributed by atoms with E-state index in [9.17, 15) is 0 Å². The summed E-state index contributed by atoms with van der Waals surface area (Å²) in [6, 6.07) is 13.0. The molecule has 0 aromatic heterocycles. The van der Waals surface area contributed by atoms with Crippen molar-refractivity contribution in [2.75, 3.05) is 37.6 Å². The molecule has 4 heteroatoms. The number of hydrogen-bond acceptors (Lipinski definition) is 4. The molecule has 0 aliphatic rings. The minimum absolute atomic E-state index is 0.0667. The van der Waals surface area contributed by atoms with Crippen molar-refractivity contribution in [1.82, 2.24) is 0 Å². The lowest BCUT2D eigenvalue weighted by Gasteiger charge is -2.30. The van der Waals surface area contributed by atoms with E-state index in [4.69, 9.17) is 4.74 Å². The molecule has 152 valence electrons. The molecule has 0 saturated carbocycles. The van der Waals surface area contributed by atoms with Crippen LogP contribution < -0.4 is 15.4 Å². The summed E-state index contributed by atoms with van der Waals surface area (Å²) < 4.78 is 5.84. The summed E-state index contributed by atoms with van der Waals surface area (Å²) in [6.45, 7) is 7.30. The van der Waals surface area contributed by atoms with Gasteiger partial charge in [0.2, 0.25) is 0 Å². The lowest BCUT2D eigenvalue weighted by Crippen LogP contribution is -2.21. The lowest BCUT2D eigenvalue weighted by atomic mass is 9.76. The molecular formula is C24H34N2OS. The van der Waals surface area contributed by atoms with Crippen LogP contribution in [-0.4, -0.2) is 27.0 Å². The Morgan fingerprint density at radius 1 is 1.07 bits per heavy atom. The molecule has 0 bridgehead atoms. The van der Waals surface area contributed by atoms with E-state index in [1.165, 1.54) is 16.1 Å². The zero-order valence-corrected chi connectivity index (χ0v) is 18.9. The van der Waals surface area contributed by atoms with Gasteiger partial charge in [0.05, 0.1) is 6.61 Å². The third-order valence-corrected chi connectivity index (χ3v) is 6.12. The number of ether oxygens (including phenoxy) is 1. The Morgan fingerprint density at radius 2 is 1.86 bits per heavy atom. The van der Waals surface area contributed by atoms with Gasteiger partial charge >= 0.3 is 0 Å². The topological polar surface area (TPSA) is 33.3 Å². The van der Waals surface area contributed by atoms with E-state index in [2.05, 4.69) is 79.3 Å². The van der Waals surface area contributed by atoms with Crippen LogP contribution >= 0.6 is 11.8 Å². The zero-order chi connectivity index (χ0) is 20.6. The van der Waals surface area contributed by atoms with Crippen molar-refractivity contribution in [3.8, 4) is 5.75 Å². The molecule has 1 atom stereocenters. The minimum Gasteiger partial charge on any atom is -0.493 e. The van der Waals surface area contributed by atoms with Crippen molar-refractivity contribution in [1.29, 1.82) is 0 Å². The van der Waals surface area contributed by atoms with E-state index in [0.29, 0.717) is 6.61 Å². The summed E-state index contributed by atoms with van der Waals surface area (Å²) in [5, 5.41) is 6.55. The highest BCUT2D eigenvalue weighted by atomic mass is 32.2. The number of benzene rings is 2. The minimum atomic E-state index is 0.0667. The number of allylic oxidation sites excluding steroid dienone is 1. The molecule has 2 rings (SSSR count). The van der Waals surface area contributed by atoms with Gasteiger partial charge in [-0.3, -0.25) is 0 Å². The second-order valence-corrected chi connectivity index (χ2v) is 8.00. The molecule has 2 aromatic rings. The monoisotopic (exact) mass is 398 g/mol. The third-order valence-electron chi connectivity index (χ3n) is 5.39. The maximum atomic E-state index is 5.84. The van der Waals surface area contributed by atoms with Gasteiger partial charge in [0.25, 0.3) is 0 Å². The SMILES string of the molecule is CCOc1cc(NC)ccc1/C=C/CC(C)(CC)c1cc(SC)ccc1NC. The molecule has 0 fully saturated rings. The Bertz CT molecular complexity index is 803. The van der Waals surface area contributed by atoms with Gasteiger partial charge in [0.15, 0.2) is 0 Å². The van der Waals surface area contributed by atoms with Crippen LogP contribution in [0.5, 0.6) is 5.75 Å². The fourth-order valence-electron chi connectivity index (χ4n) is 3.37. The van der Waals surface area contributed by atoms with Crippen molar-refractivity contribution in [2.45, 2.75) is 43.9 Å². The first-order valence-corrected chi connectivity index (χ1v) is 11.2. The fraction of sp³-hybridized carbons (Fsp3) is 0.417. The molecule has 0 spiro atoms. The summed E-state index contributed by atoms with van der Waals surface area (Å²) in [6.07, 6.45) is 8.64. The first kappa shape index (κ1) is 22.2. The normalized spacial score (nSPS) is 13.4. The van der Waals surface area contributed by atoms with E-state index in [-0.39, 0.29) is 5.41 Å². The van der Waals surface area contributed by atoms with Gasteiger partial charge in [-0.2, -0.15) is 0 Å². The summed E-state index contributed by atoms with van der Waals surface area (Å²) in [4.78, 5) is 1.30. The van der Waals surface area contributed by atoms with Gasteiger partial charge in [-0.25, -0.2) is 0 Å². The summed E-state index contributed by atoms with van der Waals surface area (Å²) in [5.74, 6) is 0.920. The highest BCUT2D eigenvalue weighted by molar-refractivity contribution is 7.98. The van der Waals surface area contributed by atoms with Gasteiger partial charge in [-0.05, 0) is 67.3 Å². The lowest BCUT2D eigenvalue weighted by molar-refractivity contribution is 0.339. The molecule has 0 amide bonds. The molecule has 2 aromatic carbocycles. The number of thioether (sulfide) groups is 1. The standard InChI is InChI=1S/C24H34N2OS/c1-7-24(3,21-17-20(28-6)13-14-22(21)26-5)15-9-10-18-11-12-19(25-4)16-23(18)27-8-2/h9-14,16-17,25-26H,7-8,15H2,1-6H3/b10-9+. The molecule has 3 nitrogen and oxygen atoms in total.